The van der Waals surface area contributed by atoms with E-state index in [1.807, 2.05) is 12.1 Å². The van der Waals surface area contributed by atoms with Gasteiger partial charge in [0.05, 0.1) is 0 Å². The maximum atomic E-state index is 13.3. The molecule has 0 radical (unpaired) electrons. The third-order valence-electron chi connectivity index (χ3n) is 7.20. The highest BCUT2D eigenvalue weighted by molar-refractivity contribution is 5.79. The highest BCUT2D eigenvalue weighted by atomic mass is 19.1. The Labute approximate surface area is 183 Å². The Morgan fingerprint density at radius 3 is 2.61 bits per heavy atom. The average molecular weight is 423 g/mol. The summed E-state index contributed by atoms with van der Waals surface area (Å²) in [5, 5.41) is 0. The molecule has 3 heterocycles. The van der Waals surface area contributed by atoms with Crippen LogP contribution in [0.2, 0.25) is 0 Å². The number of carbonyl (C=O) groups is 1. The first kappa shape index (κ1) is 20.4. The molecule has 1 aromatic carbocycles. The summed E-state index contributed by atoms with van der Waals surface area (Å²) in [6.07, 6.45) is 7.40. The normalized spacial score (nSPS) is 21.5. The standard InChI is InChI=1S/C25H31FN4O/c1-17-22-8-4-13-29(15-18-9-11-21(26)12-10-18)24(22)28-23(27-17)20-7-3-14-30(16-20)25(31)19-5-2-6-19/h9-12,19-20H,2-8,13-16H2,1H3/t20-/m1/s1. The molecule has 5 rings (SSSR count). The first-order chi connectivity index (χ1) is 15.1. The number of nitrogens with zero attached hydrogens (tertiary/aromatic N) is 4. The predicted molar refractivity (Wildman–Crippen MR) is 118 cm³/mol. The predicted octanol–water partition coefficient (Wildman–Crippen LogP) is 4.38. The number of piperidine rings is 1. The van der Waals surface area contributed by atoms with Crippen molar-refractivity contribution in [2.75, 3.05) is 24.5 Å². The second-order valence-corrected chi connectivity index (χ2v) is 9.37. The molecule has 3 aliphatic rings. The molecular weight excluding hydrogens is 391 g/mol. The molecule has 0 spiro atoms. The van der Waals surface area contributed by atoms with E-state index in [4.69, 9.17) is 9.97 Å². The van der Waals surface area contributed by atoms with Gasteiger partial charge in [0.2, 0.25) is 5.91 Å². The van der Waals surface area contributed by atoms with Crippen molar-refractivity contribution in [2.45, 2.75) is 64.3 Å². The second kappa shape index (κ2) is 8.56. The lowest BCUT2D eigenvalue weighted by molar-refractivity contribution is -0.139. The van der Waals surface area contributed by atoms with Crippen molar-refractivity contribution in [3.63, 3.8) is 0 Å². The van der Waals surface area contributed by atoms with Gasteiger partial charge in [0.15, 0.2) is 0 Å². The van der Waals surface area contributed by atoms with Gasteiger partial charge in [-0.15, -0.1) is 0 Å². The Kier molecular flexibility index (Phi) is 5.63. The number of fused-ring (bicyclic) bond motifs is 1. The SMILES string of the molecule is Cc1nc([C@@H]2CCCN(C(=O)C3CCC3)C2)nc2c1CCCN2Cc1ccc(F)cc1. The van der Waals surface area contributed by atoms with Gasteiger partial charge in [-0.05, 0) is 63.1 Å². The van der Waals surface area contributed by atoms with Crippen LogP contribution in [-0.2, 0) is 17.8 Å². The number of hydrogen-bond acceptors (Lipinski definition) is 4. The number of halogens is 1. The van der Waals surface area contributed by atoms with Crippen LogP contribution in [0.1, 0.15) is 67.1 Å². The van der Waals surface area contributed by atoms with Crippen molar-refractivity contribution in [1.29, 1.82) is 0 Å². The van der Waals surface area contributed by atoms with Gasteiger partial charge >= 0.3 is 0 Å². The molecule has 1 aromatic heterocycles. The quantitative estimate of drug-likeness (QED) is 0.734. The van der Waals surface area contributed by atoms with Gasteiger partial charge in [0.25, 0.3) is 0 Å². The van der Waals surface area contributed by atoms with Crippen LogP contribution in [0.3, 0.4) is 0 Å². The molecular formula is C25H31FN4O. The van der Waals surface area contributed by atoms with Crippen molar-refractivity contribution in [3.8, 4) is 0 Å². The van der Waals surface area contributed by atoms with Gasteiger partial charge in [-0.25, -0.2) is 14.4 Å². The van der Waals surface area contributed by atoms with E-state index in [1.54, 1.807) is 0 Å². The number of rotatable bonds is 4. The molecule has 1 aliphatic carbocycles. The maximum absolute atomic E-state index is 13.3. The van der Waals surface area contributed by atoms with Crippen LogP contribution in [0.5, 0.6) is 0 Å². The lowest BCUT2D eigenvalue weighted by Gasteiger charge is -2.37. The fourth-order valence-electron chi connectivity index (χ4n) is 5.16. The van der Waals surface area contributed by atoms with Crippen LogP contribution in [0.25, 0.3) is 0 Å². The number of amides is 1. The highest BCUT2D eigenvalue weighted by Gasteiger charge is 2.34. The molecule has 164 valence electrons. The van der Waals surface area contributed by atoms with E-state index in [0.717, 1.165) is 87.6 Å². The van der Waals surface area contributed by atoms with Gasteiger partial charge < -0.3 is 9.80 Å². The summed E-state index contributed by atoms with van der Waals surface area (Å²) in [4.78, 5) is 27.1. The van der Waals surface area contributed by atoms with Crippen LogP contribution >= 0.6 is 0 Å². The van der Waals surface area contributed by atoms with Crippen LogP contribution in [0.15, 0.2) is 24.3 Å². The van der Waals surface area contributed by atoms with Crippen molar-refractivity contribution in [1.82, 2.24) is 14.9 Å². The zero-order valence-electron chi connectivity index (χ0n) is 18.3. The summed E-state index contributed by atoms with van der Waals surface area (Å²) >= 11 is 0. The lowest BCUT2D eigenvalue weighted by atomic mass is 9.83. The Hall–Kier alpha value is -2.50. The molecule has 1 saturated carbocycles. The minimum atomic E-state index is -0.207. The van der Waals surface area contributed by atoms with Crippen LogP contribution < -0.4 is 4.90 Å². The van der Waals surface area contributed by atoms with Gasteiger partial charge in [-0.1, -0.05) is 18.6 Å². The fraction of sp³-hybridized carbons (Fsp3) is 0.560. The summed E-state index contributed by atoms with van der Waals surface area (Å²) in [6, 6.07) is 6.74. The van der Waals surface area contributed by atoms with E-state index >= 15 is 0 Å². The van der Waals surface area contributed by atoms with E-state index in [2.05, 4.69) is 16.7 Å². The number of carbonyl (C=O) groups excluding carboxylic acids is 1. The first-order valence-electron chi connectivity index (χ1n) is 11.7. The third-order valence-corrected chi connectivity index (χ3v) is 7.20. The zero-order valence-corrected chi connectivity index (χ0v) is 18.3. The highest BCUT2D eigenvalue weighted by Crippen LogP contribution is 2.34. The molecule has 2 fully saturated rings. The van der Waals surface area contributed by atoms with Crippen molar-refractivity contribution in [3.05, 3.63) is 52.7 Å². The molecule has 2 aromatic rings. The average Bonchev–Trinajstić information content (AvgIpc) is 2.74. The molecule has 2 aliphatic heterocycles. The number of aryl methyl sites for hydroxylation is 1. The van der Waals surface area contributed by atoms with Crippen LogP contribution in [0.4, 0.5) is 10.2 Å². The number of likely N-dealkylation sites (tertiary alicyclic amines) is 1. The largest absolute Gasteiger partial charge is 0.352 e. The van der Waals surface area contributed by atoms with E-state index in [9.17, 15) is 9.18 Å². The van der Waals surface area contributed by atoms with Crippen molar-refractivity contribution >= 4 is 11.7 Å². The number of anilines is 1. The Morgan fingerprint density at radius 2 is 1.87 bits per heavy atom. The van der Waals surface area contributed by atoms with Crippen LogP contribution in [-0.4, -0.2) is 40.4 Å². The van der Waals surface area contributed by atoms with Gasteiger partial charge in [-0.3, -0.25) is 4.79 Å². The van der Waals surface area contributed by atoms with E-state index in [1.165, 1.54) is 24.1 Å². The molecule has 5 nitrogen and oxygen atoms in total. The first-order valence-corrected chi connectivity index (χ1v) is 11.7. The molecule has 0 N–H and O–H groups in total. The number of benzene rings is 1. The van der Waals surface area contributed by atoms with E-state index in [0.29, 0.717) is 5.91 Å². The van der Waals surface area contributed by atoms with Gasteiger partial charge in [-0.2, -0.15) is 0 Å². The second-order valence-electron chi connectivity index (χ2n) is 9.37. The zero-order chi connectivity index (χ0) is 21.4. The van der Waals surface area contributed by atoms with E-state index in [-0.39, 0.29) is 17.7 Å². The smallest absolute Gasteiger partial charge is 0.225 e. The van der Waals surface area contributed by atoms with Crippen LogP contribution in [0, 0.1) is 18.7 Å². The minimum Gasteiger partial charge on any atom is -0.352 e. The summed E-state index contributed by atoms with van der Waals surface area (Å²) < 4.78 is 13.3. The molecule has 0 unspecified atom stereocenters. The Morgan fingerprint density at radius 1 is 1.06 bits per heavy atom. The summed E-state index contributed by atoms with van der Waals surface area (Å²) in [5.74, 6) is 2.49. The summed E-state index contributed by atoms with van der Waals surface area (Å²) in [6.45, 7) is 5.36. The van der Waals surface area contributed by atoms with E-state index < -0.39 is 0 Å². The fourth-order valence-corrected chi connectivity index (χ4v) is 5.16. The molecule has 0 bridgehead atoms. The molecule has 31 heavy (non-hydrogen) atoms. The summed E-state index contributed by atoms with van der Waals surface area (Å²) in [7, 11) is 0. The molecule has 1 amide bonds. The molecule has 1 saturated heterocycles. The molecule has 1 atom stereocenters. The number of hydrogen-bond donors (Lipinski definition) is 0. The minimum absolute atomic E-state index is 0.205. The van der Waals surface area contributed by atoms with Crippen molar-refractivity contribution in [2.24, 2.45) is 5.92 Å². The van der Waals surface area contributed by atoms with Gasteiger partial charge in [0.1, 0.15) is 17.5 Å². The Bertz CT molecular complexity index is 957. The monoisotopic (exact) mass is 422 g/mol. The molecule has 6 heteroatoms. The maximum Gasteiger partial charge on any atom is 0.225 e. The Balaban J connectivity index is 1.38. The summed E-state index contributed by atoms with van der Waals surface area (Å²) in [5.41, 5.74) is 3.38. The third kappa shape index (κ3) is 4.17. The van der Waals surface area contributed by atoms with Crippen molar-refractivity contribution < 1.29 is 9.18 Å². The lowest BCUT2D eigenvalue weighted by Crippen LogP contribution is -2.44. The topological polar surface area (TPSA) is 49.3 Å². The van der Waals surface area contributed by atoms with Gasteiger partial charge in [0, 0.05) is 49.3 Å². The number of aromatic nitrogens is 2.